The topological polar surface area (TPSA) is 84.6 Å². The normalized spacial score (nSPS) is 24.2. The number of rotatable bonds is 2. The predicted molar refractivity (Wildman–Crippen MR) is 57.9 cm³/mol. The number of nitrogens with zero attached hydrogens (tertiary/aromatic N) is 1. The lowest BCUT2D eigenvalue weighted by molar-refractivity contribution is -0.0174. The summed E-state index contributed by atoms with van der Waals surface area (Å²) in [4.78, 5) is 3.89. The van der Waals surface area contributed by atoms with Crippen molar-refractivity contribution < 1.29 is 5.11 Å². The summed E-state index contributed by atoms with van der Waals surface area (Å²) in [6.07, 6.45) is 3.64. The van der Waals surface area contributed by atoms with Gasteiger partial charge in [-0.2, -0.15) is 0 Å². The standard InChI is InChI=1S/C10H21N3O/c1-9(2)3-5-10(14,6-4-9)7-13-8(11)12/h14H,3-7H2,1-2H3,(H4,11,12,13). The van der Waals surface area contributed by atoms with Gasteiger partial charge in [-0.15, -0.1) is 0 Å². The molecule has 1 aliphatic carbocycles. The van der Waals surface area contributed by atoms with Crippen molar-refractivity contribution in [3.8, 4) is 0 Å². The first-order valence-electron chi connectivity index (χ1n) is 5.11. The van der Waals surface area contributed by atoms with Crippen LogP contribution >= 0.6 is 0 Å². The Hall–Kier alpha value is -0.770. The molecule has 1 aliphatic rings. The van der Waals surface area contributed by atoms with Crippen LogP contribution in [-0.2, 0) is 0 Å². The molecule has 0 unspecified atom stereocenters. The average molecular weight is 199 g/mol. The molecule has 5 N–H and O–H groups in total. The quantitative estimate of drug-likeness (QED) is 0.449. The summed E-state index contributed by atoms with van der Waals surface area (Å²) in [5, 5.41) is 10.1. The fourth-order valence-corrected chi connectivity index (χ4v) is 1.79. The molecular weight excluding hydrogens is 178 g/mol. The number of nitrogens with two attached hydrogens (primary N) is 2. The second-order valence-electron chi connectivity index (χ2n) is 5.13. The van der Waals surface area contributed by atoms with E-state index in [2.05, 4.69) is 18.8 Å². The zero-order chi connectivity index (χ0) is 10.8. The Morgan fingerprint density at radius 1 is 1.21 bits per heavy atom. The third-order valence-electron chi connectivity index (χ3n) is 3.09. The fraction of sp³-hybridized carbons (Fsp3) is 0.900. The van der Waals surface area contributed by atoms with Crippen LogP contribution in [0, 0.1) is 5.41 Å². The van der Waals surface area contributed by atoms with Gasteiger partial charge in [-0.3, -0.25) is 4.99 Å². The van der Waals surface area contributed by atoms with E-state index in [4.69, 9.17) is 11.5 Å². The van der Waals surface area contributed by atoms with Gasteiger partial charge < -0.3 is 16.6 Å². The van der Waals surface area contributed by atoms with Crippen molar-refractivity contribution in [3.63, 3.8) is 0 Å². The van der Waals surface area contributed by atoms with Crippen LogP contribution in [0.4, 0.5) is 0 Å². The summed E-state index contributed by atoms with van der Waals surface area (Å²) in [5.41, 5.74) is 10.1. The highest BCUT2D eigenvalue weighted by Crippen LogP contribution is 2.40. The van der Waals surface area contributed by atoms with Crippen molar-refractivity contribution in [1.82, 2.24) is 0 Å². The number of hydrogen-bond donors (Lipinski definition) is 3. The van der Waals surface area contributed by atoms with Crippen molar-refractivity contribution in [3.05, 3.63) is 0 Å². The van der Waals surface area contributed by atoms with E-state index in [1.807, 2.05) is 0 Å². The minimum Gasteiger partial charge on any atom is -0.388 e. The minimum absolute atomic E-state index is 0.0586. The van der Waals surface area contributed by atoms with Crippen LogP contribution in [0.3, 0.4) is 0 Å². The molecule has 0 aromatic carbocycles. The molecule has 0 aliphatic heterocycles. The van der Waals surface area contributed by atoms with Crippen LogP contribution in [0.2, 0.25) is 0 Å². The summed E-state index contributed by atoms with van der Waals surface area (Å²) < 4.78 is 0. The first kappa shape index (κ1) is 11.3. The average Bonchev–Trinajstić information content (AvgIpc) is 2.08. The molecular formula is C10H21N3O. The fourth-order valence-electron chi connectivity index (χ4n) is 1.79. The third kappa shape index (κ3) is 3.18. The van der Waals surface area contributed by atoms with E-state index in [1.165, 1.54) is 0 Å². The molecule has 0 heterocycles. The van der Waals surface area contributed by atoms with Gasteiger partial charge in [0.1, 0.15) is 0 Å². The Morgan fingerprint density at radius 3 is 2.14 bits per heavy atom. The summed E-state index contributed by atoms with van der Waals surface area (Å²) >= 11 is 0. The van der Waals surface area contributed by atoms with Gasteiger partial charge in [0.25, 0.3) is 0 Å². The van der Waals surface area contributed by atoms with Crippen LogP contribution < -0.4 is 11.5 Å². The zero-order valence-corrected chi connectivity index (χ0v) is 9.08. The van der Waals surface area contributed by atoms with Crippen LogP contribution in [0.15, 0.2) is 4.99 Å². The van der Waals surface area contributed by atoms with Crippen molar-refractivity contribution in [1.29, 1.82) is 0 Å². The molecule has 0 amide bonds. The molecule has 0 spiro atoms. The summed E-state index contributed by atoms with van der Waals surface area (Å²) in [6.45, 7) is 4.80. The molecule has 1 rings (SSSR count). The van der Waals surface area contributed by atoms with Gasteiger partial charge in [-0.25, -0.2) is 0 Å². The summed E-state index contributed by atoms with van der Waals surface area (Å²) in [7, 11) is 0. The van der Waals surface area contributed by atoms with E-state index in [1.54, 1.807) is 0 Å². The Balaban J connectivity index is 2.49. The Kier molecular flexibility index (Phi) is 3.04. The van der Waals surface area contributed by atoms with E-state index in [9.17, 15) is 5.11 Å². The Bertz CT molecular complexity index is 222. The number of aliphatic imine (C=N–C) groups is 1. The summed E-state index contributed by atoms with van der Waals surface area (Å²) in [6, 6.07) is 0. The maximum Gasteiger partial charge on any atom is 0.186 e. The van der Waals surface area contributed by atoms with Crippen LogP contribution in [-0.4, -0.2) is 23.2 Å². The second kappa shape index (κ2) is 3.77. The van der Waals surface area contributed by atoms with Crippen molar-refractivity contribution >= 4 is 5.96 Å². The van der Waals surface area contributed by atoms with Crippen molar-refractivity contribution in [2.45, 2.75) is 45.1 Å². The monoisotopic (exact) mass is 199 g/mol. The first-order valence-corrected chi connectivity index (χ1v) is 5.11. The molecule has 0 atom stereocenters. The lowest BCUT2D eigenvalue weighted by Gasteiger charge is -2.39. The van der Waals surface area contributed by atoms with Gasteiger partial charge >= 0.3 is 0 Å². The molecule has 1 fully saturated rings. The molecule has 0 aromatic heterocycles. The van der Waals surface area contributed by atoms with Gasteiger partial charge in [0, 0.05) is 0 Å². The molecule has 0 aromatic rings. The molecule has 82 valence electrons. The lowest BCUT2D eigenvalue weighted by Crippen LogP contribution is -2.40. The Labute approximate surface area is 85.4 Å². The van der Waals surface area contributed by atoms with Gasteiger partial charge in [0.2, 0.25) is 0 Å². The van der Waals surface area contributed by atoms with Gasteiger partial charge in [0.15, 0.2) is 5.96 Å². The van der Waals surface area contributed by atoms with Gasteiger partial charge in [-0.1, -0.05) is 13.8 Å². The zero-order valence-electron chi connectivity index (χ0n) is 9.08. The minimum atomic E-state index is -0.681. The van der Waals surface area contributed by atoms with E-state index in [0.29, 0.717) is 12.0 Å². The SMILES string of the molecule is CC1(C)CCC(O)(CN=C(N)N)CC1. The number of hydrogen-bond acceptors (Lipinski definition) is 2. The Morgan fingerprint density at radius 2 is 1.71 bits per heavy atom. The highest BCUT2D eigenvalue weighted by atomic mass is 16.3. The van der Waals surface area contributed by atoms with Crippen molar-refractivity contribution in [2.24, 2.45) is 21.9 Å². The van der Waals surface area contributed by atoms with Crippen LogP contribution in [0.5, 0.6) is 0 Å². The lowest BCUT2D eigenvalue weighted by atomic mass is 9.71. The largest absolute Gasteiger partial charge is 0.388 e. The number of aliphatic hydroxyl groups is 1. The predicted octanol–water partition coefficient (Wildman–Crippen LogP) is 0.591. The van der Waals surface area contributed by atoms with E-state index in [0.717, 1.165) is 25.7 Å². The highest BCUT2D eigenvalue weighted by Gasteiger charge is 2.36. The molecule has 14 heavy (non-hydrogen) atoms. The van der Waals surface area contributed by atoms with Gasteiger partial charge in [0.05, 0.1) is 12.1 Å². The van der Waals surface area contributed by atoms with Crippen molar-refractivity contribution in [2.75, 3.05) is 6.54 Å². The summed E-state index contributed by atoms with van der Waals surface area (Å²) in [5.74, 6) is 0.0586. The molecule has 0 saturated heterocycles. The molecule has 1 saturated carbocycles. The molecule has 0 radical (unpaired) electrons. The highest BCUT2D eigenvalue weighted by molar-refractivity contribution is 5.75. The van der Waals surface area contributed by atoms with E-state index < -0.39 is 5.60 Å². The smallest absolute Gasteiger partial charge is 0.186 e. The van der Waals surface area contributed by atoms with Crippen LogP contribution in [0.1, 0.15) is 39.5 Å². The van der Waals surface area contributed by atoms with E-state index in [-0.39, 0.29) is 5.96 Å². The maximum absolute atomic E-state index is 10.1. The first-order chi connectivity index (χ1) is 6.33. The third-order valence-corrected chi connectivity index (χ3v) is 3.09. The maximum atomic E-state index is 10.1. The molecule has 4 heteroatoms. The van der Waals surface area contributed by atoms with Gasteiger partial charge in [-0.05, 0) is 31.1 Å². The molecule has 0 bridgehead atoms. The second-order valence-corrected chi connectivity index (χ2v) is 5.13. The molecule has 4 nitrogen and oxygen atoms in total. The van der Waals surface area contributed by atoms with E-state index >= 15 is 0 Å². The van der Waals surface area contributed by atoms with Crippen LogP contribution in [0.25, 0.3) is 0 Å². The number of guanidine groups is 1.